The summed E-state index contributed by atoms with van der Waals surface area (Å²) in [6, 6.07) is 10.6. The smallest absolute Gasteiger partial charge is 0.337 e. The van der Waals surface area contributed by atoms with E-state index in [0.29, 0.717) is 23.7 Å². The largest absolute Gasteiger partial charge is 0.493 e. The molecular formula is C20H24ClN3O3. The molecule has 0 bridgehead atoms. The van der Waals surface area contributed by atoms with Crippen LogP contribution in [0.2, 0.25) is 5.02 Å². The Bertz CT molecular complexity index is 804. The minimum absolute atomic E-state index is 0.233. The lowest BCUT2D eigenvalue weighted by molar-refractivity contribution is -0.122. The van der Waals surface area contributed by atoms with Crippen LogP contribution in [0.4, 0.5) is 10.5 Å². The van der Waals surface area contributed by atoms with Crippen LogP contribution in [0.5, 0.6) is 5.75 Å². The van der Waals surface area contributed by atoms with Gasteiger partial charge in [0.25, 0.3) is 0 Å². The molecule has 2 aromatic carbocycles. The Morgan fingerprint density at radius 1 is 1.00 bits per heavy atom. The van der Waals surface area contributed by atoms with Crippen molar-refractivity contribution in [3.8, 4) is 5.75 Å². The van der Waals surface area contributed by atoms with E-state index < -0.39 is 6.03 Å². The molecule has 7 heteroatoms. The fourth-order valence-electron chi connectivity index (χ4n) is 2.59. The highest BCUT2D eigenvalue weighted by Gasteiger charge is 2.06. The Labute approximate surface area is 164 Å². The normalized spacial score (nSPS) is 10.2. The first-order valence-electron chi connectivity index (χ1n) is 8.66. The lowest BCUT2D eigenvalue weighted by Gasteiger charge is -2.11. The van der Waals surface area contributed by atoms with Crippen molar-refractivity contribution in [3.63, 3.8) is 0 Å². The zero-order chi connectivity index (χ0) is 19.8. The van der Waals surface area contributed by atoms with E-state index in [1.165, 1.54) is 0 Å². The van der Waals surface area contributed by atoms with Crippen molar-refractivity contribution >= 4 is 29.2 Å². The maximum absolute atomic E-state index is 11.8. The van der Waals surface area contributed by atoms with E-state index in [4.69, 9.17) is 16.3 Å². The van der Waals surface area contributed by atoms with Crippen LogP contribution in [-0.4, -0.2) is 18.5 Å². The van der Waals surface area contributed by atoms with Gasteiger partial charge >= 0.3 is 6.03 Å². The zero-order valence-corrected chi connectivity index (χ0v) is 16.4. The third-order valence-corrected chi connectivity index (χ3v) is 3.97. The number of hydrogen-bond donors (Lipinski definition) is 3. The van der Waals surface area contributed by atoms with Crippen molar-refractivity contribution in [2.24, 2.45) is 0 Å². The van der Waals surface area contributed by atoms with E-state index in [2.05, 4.69) is 16.2 Å². The molecule has 27 heavy (non-hydrogen) atoms. The van der Waals surface area contributed by atoms with Gasteiger partial charge in [-0.2, -0.15) is 0 Å². The summed E-state index contributed by atoms with van der Waals surface area (Å²) >= 11 is 5.90. The SMILES string of the molecule is Cc1cc(C)cc(NC(=O)NNC(=O)CCCOc2ccc(Cl)cc2C)c1. The molecule has 0 atom stereocenters. The summed E-state index contributed by atoms with van der Waals surface area (Å²) in [5.74, 6) is 0.452. The molecular weight excluding hydrogens is 366 g/mol. The number of carbonyl (C=O) groups excluding carboxylic acids is 2. The van der Waals surface area contributed by atoms with Crippen molar-refractivity contribution in [3.05, 3.63) is 58.1 Å². The predicted molar refractivity (Wildman–Crippen MR) is 107 cm³/mol. The van der Waals surface area contributed by atoms with E-state index in [1.807, 2.05) is 45.0 Å². The Kier molecular flexibility index (Phi) is 7.49. The second-order valence-electron chi connectivity index (χ2n) is 6.37. The molecule has 0 aliphatic heterocycles. The van der Waals surface area contributed by atoms with Gasteiger partial charge in [-0.15, -0.1) is 0 Å². The maximum atomic E-state index is 11.8. The molecule has 0 fully saturated rings. The van der Waals surface area contributed by atoms with E-state index in [1.54, 1.807) is 12.1 Å². The van der Waals surface area contributed by atoms with Crippen molar-refractivity contribution in [2.75, 3.05) is 11.9 Å². The summed E-state index contributed by atoms with van der Waals surface area (Å²) in [6.45, 7) is 6.20. The second-order valence-corrected chi connectivity index (χ2v) is 6.80. The fraction of sp³-hybridized carbons (Fsp3) is 0.300. The van der Waals surface area contributed by atoms with Crippen LogP contribution in [0.25, 0.3) is 0 Å². The number of benzene rings is 2. The number of carbonyl (C=O) groups is 2. The molecule has 0 aromatic heterocycles. The molecule has 0 unspecified atom stereocenters. The van der Waals surface area contributed by atoms with E-state index in [9.17, 15) is 9.59 Å². The molecule has 0 saturated carbocycles. The van der Waals surface area contributed by atoms with Crippen LogP contribution in [0, 0.1) is 20.8 Å². The summed E-state index contributed by atoms with van der Waals surface area (Å²) < 4.78 is 5.63. The highest BCUT2D eigenvalue weighted by molar-refractivity contribution is 6.30. The number of nitrogens with one attached hydrogen (secondary N) is 3. The first-order chi connectivity index (χ1) is 12.8. The van der Waals surface area contributed by atoms with Crippen LogP contribution in [0.3, 0.4) is 0 Å². The molecule has 3 N–H and O–H groups in total. The number of aryl methyl sites for hydroxylation is 3. The van der Waals surface area contributed by atoms with Crippen LogP contribution < -0.4 is 20.9 Å². The summed E-state index contributed by atoms with van der Waals surface area (Å²) in [4.78, 5) is 23.7. The minimum atomic E-state index is -0.499. The fourth-order valence-corrected chi connectivity index (χ4v) is 2.81. The van der Waals surface area contributed by atoms with Crippen molar-refractivity contribution in [1.82, 2.24) is 10.9 Å². The third kappa shape index (κ3) is 7.19. The summed E-state index contributed by atoms with van der Waals surface area (Å²) in [5, 5.41) is 3.34. The first-order valence-corrected chi connectivity index (χ1v) is 9.04. The molecule has 0 aliphatic rings. The summed E-state index contributed by atoms with van der Waals surface area (Å²) in [7, 11) is 0. The van der Waals surface area contributed by atoms with Gasteiger partial charge in [0.1, 0.15) is 5.75 Å². The number of hydrogen-bond acceptors (Lipinski definition) is 3. The first kappa shape index (κ1) is 20.6. The van der Waals surface area contributed by atoms with Gasteiger partial charge in [-0.3, -0.25) is 10.2 Å². The quantitative estimate of drug-likeness (QED) is 0.509. The third-order valence-electron chi connectivity index (χ3n) is 3.74. The predicted octanol–water partition coefficient (Wildman–Crippen LogP) is 4.28. The van der Waals surface area contributed by atoms with Gasteiger partial charge in [-0.05, 0) is 74.2 Å². The van der Waals surface area contributed by atoms with Gasteiger partial charge in [0.15, 0.2) is 0 Å². The van der Waals surface area contributed by atoms with Gasteiger partial charge in [0, 0.05) is 17.1 Å². The monoisotopic (exact) mass is 389 g/mol. The number of rotatable bonds is 6. The molecule has 0 radical (unpaired) electrons. The van der Waals surface area contributed by atoms with Gasteiger partial charge in [0.05, 0.1) is 6.61 Å². The molecule has 0 saturated heterocycles. The second kappa shape index (κ2) is 9.83. The standard InChI is InChI=1S/C20H24ClN3O3/c1-13-9-14(2)11-17(10-13)22-20(26)24-23-19(25)5-4-8-27-18-7-6-16(21)12-15(18)3/h6-7,9-12H,4-5,8H2,1-3H3,(H,23,25)(H2,22,24,26). The topological polar surface area (TPSA) is 79.5 Å². The summed E-state index contributed by atoms with van der Waals surface area (Å²) in [5.41, 5.74) is 8.42. The number of urea groups is 1. The number of amides is 3. The van der Waals surface area contributed by atoms with Crippen LogP contribution in [0.15, 0.2) is 36.4 Å². The van der Waals surface area contributed by atoms with Gasteiger partial charge in [-0.1, -0.05) is 17.7 Å². The van der Waals surface area contributed by atoms with Crippen LogP contribution in [0.1, 0.15) is 29.5 Å². The van der Waals surface area contributed by atoms with Crippen LogP contribution in [-0.2, 0) is 4.79 Å². The summed E-state index contributed by atoms with van der Waals surface area (Å²) in [6.07, 6.45) is 0.755. The van der Waals surface area contributed by atoms with Crippen molar-refractivity contribution in [1.29, 1.82) is 0 Å². The highest BCUT2D eigenvalue weighted by atomic mass is 35.5. The highest BCUT2D eigenvalue weighted by Crippen LogP contribution is 2.21. The van der Waals surface area contributed by atoms with Crippen molar-refractivity contribution < 1.29 is 14.3 Å². The molecule has 0 heterocycles. The molecule has 0 spiro atoms. The van der Waals surface area contributed by atoms with Crippen LogP contribution >= 0.6 is 11.6 Å². The Balaban J connectivity index is 1.66. The van der Waals surface area contributed by atoms with Gasteiger partial charge in [-0.25, -0.2) is 10.2 Å². The number of hydrazine groups is 1. The lowest BCUT2D eigenvalue weighted by Crippen LogP contribution is -2.43. The van der Waals surface area contributed by atoms with E-state index in [0.717, 1.165) is 22.4 Å². The van der Waals surface area contributed by atoms with E-state index >= 15 is 0 Å². The molecule has 3 amide bonds. The zero-order valence-electron chi connectivity index (χ0n) is 15.7. The Morgan fingerprint density at radius 3 is 2.37 bits per heavy atom. The van der Waals surface area contributed by atoms with E-state index in [-0.39, 0.29) is 12.3 Å². The Hall–Kier alpha value is -2.73. The average molecular weight is 390 g/mol. The molecule has 2 aromatic rings. The number of anilines is 1. The number of ether oxygens (including phenoxy) is 1. The minimum Gasteiger partial charge on any atom is -0.493 e. The average Bonchev–Trinajstić information content (AvgIpc) is 2.57. The van der Waals surface area contributed by atoms with Gasteiger partial charge < -0.3 is 10.1 Å². The maximum Gasteiger partial charge on any atom is 0.337 e. The molecule has 2 rings (SSSR count). The van der Waals surface area contributed by atoms with Crippen molar-refractivity contribution in [2.45, 2.75) is 33.6 Å². The molecule has 6 nitrogen and oxygen atoms in total. The van der Waals surface area contributed by atoms with Gasteiger partial charge in [0.2, 0.25) is 5.91 Å². The molecule has 0 aliphatic carbocycles. The number of halogens is 1. The lowest BCUT2D eigenvalue weighted by atomic mass is 10.1. The Morgan fingerprint density at radius 2 is 1.70 bits per heavy atom. The molecule has 144 valence electrons.